The number of carbonyl (C=O) groups is 1. The fraction of sp³-hybridized carbons (Fsp3) is 0.0714. The lowest BCUT2D eigenvalue weighted by Crippen LogP contribution is -2.13. The van der Waals surface area contributed by atoms with Gasteiger partial charge in [-0.2, -0.15) is 0 Å². The summed E-state index contributed by atoms with van der Waals surface area (Å²) >= 11 is 5.62. The van der Waals surface area contributed by atoms with E-state index in [1.54, 1.807) is 24.3 Å². The van der Waals surface area contributed by atoms with Crippen molar-refractivity contribution >= 4 is 23.2 Å². The number of hydrogen-bond donors (Lipinski definition) is 2. The molecule has 5 heteroatoms. The molecule has 1 amide bonds. The molecule has 3 nitrogen and oxygen atoms in total. The summed E-state index contributed by atoms with van der Waals surface area (Å²) < 4.78 is 13.0. The van der Waals surface area contributed by atoms with Gasteiger partial charge < -0.3 is 10.4 Å². The maximum absolute atomic E-state index is 13.0. The smallest absolute Gasteiger partial charge is 0.255 e. The number of carbonyl (C=O) groups excluding carboxylic acids is 1. The highest BCUT2D eigenvalue weighted by Crippen LogP contribution is 2.19. The number of hydrogen-bond acceptors (Lipinski definition) is 2. The van der Waals surface area contributed by atoms with E-state index in [2.05, 4.69) is 5.32 Å². The zero-order valence-corrected chi connectivity index (χ0v) is 10.6. The van der Waals surface area contributed by atoms with Gasteiger partial charge in [0.05, 0.1) is 11.6 Å². The lowest BCUT2D eigenvalue weighted by atomic mass is 10.1. The number of nitrogens with one attached hydrogen (secondary N) is 1. The number of halogens is 2. The second-order valence-electron chi connectivity index (χ2n) is 3.90. The highest BCUT2D eigenvalue weighted by Gasteiger charge is 2.10. The second kappa shape index (κ2) is 5.82. The summed E-state index contributed by atoms with van der Waals surface area (Å²) in [7, 11) is 0. The summed E-state index contributed by atoms with van der Waals surface area (Å²) in [4.78, 5) is 12.0. The van der Waals surface area contributed by atoms with Crippen LogP contribution in [0.15, 0.2) is 42.5 Å². The Bertz CT molecular complexity index is 616. The molecule has 0 saturated carbocycles. The summed E-state index contributed by atoms with van der Waals surface area (Å²) in [6, 6.07) is 10.6. The zero-order valence-electron chi connectivity index (χ0n) is 9.86. The number of rotatable bonds is 3. The topological polar surface area (TPSA) is 49.3 Å². The van der Waals surface area contributed by atoms with Gasteiger partial charge in [0.25, 0.3) is 5.91 Å². The Morgan fingerprint density at radius 3 is 2.68 bits per heavy atom. The van der Waals surface area contributed by atoms with Crippen molar-refractivity contribution in [1.82, 2.24) is 0 Å². The highest BCUT2D eigenvalue weighted by molar-refractivity contribution is 6.31. The minimum atomic E-state index is -0.575. The zero-order chi connectivity index (χ0) is 13.8. The van der Waals surface area contributed by atoms with Gasteiger partial charge in [-0.3, -0.25) is 4.79 Å². The quantitative estimate of drug-likeness (QED) is 0.906. The fourth-order valence-electron chi connectivity index (χ4n) is 1.61. The Morgan fingerprint density at radius 2 is 2.00 bits per heavy atom. The van der Waals surface area contributed by atoms with Crippen LogP contribution in [0.5, 0.6) is 0 Å². The first-order chi connectivity index (χ1) is 9.11. The van der Waals surface area contributed by atoms with Gasteiger partial charge in [0, 0.05) is 16.8 Å². The molecule has 2 aromatic rings. The molecule has 0 saturated heterocycles. The molecule has 2 rings (SSSR count). The predicted octanol–water partition coefficient (Wildman–Crippen LogP) is 3.22. The van der Waals surface area contributed by atoms with E-state index >= 15 is 0 Å². The molecule has 98 valence electrons. The van der Waals surface area contributed by atoms with Gasteiger partial charge in [-0.1, -0.05) is 29.8 Å². The van der Waals surface area contributed by atoms with E-state index in [-0.39, 0.29) is 17.2 Å². The molecule has 0 atom stereocenters. The van der Waals surface area contributed by atoms with E-state index in [1.807, 2.05) is 0 Å². The van der Waals surface area contributed by atoms with Crippen LogP contribution in [0.2, 0.25) is 5.02 Å². The van der Waals surface area contributed by atoms with Crippen molar-refractivity contribution < 1.29 is 14.3 Å². The molecule has 0 aliphatic carbocycles. The largest absolute Gasteiger partial charge is 0.392 e. The first kappa shape index (κ1) is 13.5. The summed E-state index contributed by atoms with van der Waals surface area (Å²) in [5, 5.41) is 11.7. The van der Waals surface area contributed by atoms with Gasteiger partial charge in [-0.05, 0) is 24.3 Å². The Morgan fingerprint density at radius 1 is 1.26 bits per heavy atom. The standard InChI is InChI=1S/C14H11ClFNO2/c15-11-7-9(5-6-12(11)16)14(19)17-13-4-2-1-3-10(13)8-18/h1-7,18H,8H2,(H,17,19). The van der Waals surface area contributed by atoms with Crippen molar-refractivity contribution in [2.75, 3.05) is 5.32 Å². The molecule has 0 fully saturated rings. The third-order valence-corrected chi connectivity index (χ3v) is 2.91. The van der Waals surface area contributed by atoms with Crippen LogP contribution in [-0.2, 0) is 6.61 Å². The molecule has 0 bridgehead atoms. The van der Waals surface area contributed by atoms with E-state index in [9.17, 15) is 9.18 Å². The molecule has 0 radical (unpaired) electrons. The van der Waals surface area contributed by atoms with Gasteiger partial charge >= 0.3 is 0 Å². The van der Waals surface area contributed by atoms with Crippen molar-refractivity contribution in [3.05, 3.63) is 64.4 Å². The first-order valence-corrected chi connectivity index (χ1v) is 5.95. The van der Waals surface area contributed by atoms with Crippen LogP contribution >= 0.6 is 11.6 Å². The molecule has 0 aromatic heterocycles. The third kappa shape index (κ3) is 3.10. The molecule has 0 unspecified atom stereocenters. The number of benzene rings is 2. The van der Waals surface area contributed by atoms with E-state index in [0.717, 1.165) is 6.07 Å². The van der Waals surface area contributed by atoms with Crippen molar-refractivity contribution in [1.29, 1.82) is 0 Å². The normalized spacial score (nSPS) is 10.3. The van der Waals surface area contributed by atoms with E-state index < -0.39 is 11.7 Å². The van der Waals surface area contributed by atoms with Crippen LogP contribution in [0.1, 0.15) is 15.9 Å². The molecule has 0 spiro atoms. The van der Waals surface area contributed by atoms with Gasteiger partial charge in [0.15, 0.2) is 0 Å². The van der Waals surface area contributed by atoms with Crippen LogP contribution < -0.4 is 5.32 Å². The number of anilines is 1. The molecule has 2 aromatic carbocycles. The molecule has 0 heterocycles. The maximum atomic E-state index is 13.0. The van der Waals surface area contributed by atoms with Gasteiger partial charge in [-0.15, -0.1) is 0 Å². The van der Waals surface area contributed by atoms with E-state index in [0.29, 0.717) is 11.3 Å². The van der Waals surface area contributed by atoms with Gasteiger partial charge in [-0.25, -0.2) is 4.39 Å². The summed E-state index contributed by atoms with van der Waals surface area (Å²) in [5.41, 5.74) is 1.36. The Labute approximate surface area is 114 Å². The molecule has 2 N–H and O–H groups in total. The van der Waals surface area contributed by atoms with E-state index in [4.69, 9.17) is 16.7 Å². The monoisotopic (exact) mass is 279 g/mol. The number of amides is 1. The average Bonchev–Trinajstić information content (AvgIpc) is 2.42. The maximum Gasteiger partial charge on any atom is 0.255 e. The molecule has 0 aliphatic heterocycles. The molecule has 19 heavy (non-hydrogen) atoms. The Kier molecular flexibility index (Phi) is 4.14. The van der Waals surface area contributed by atoms with Crippen molar-refractivity contribution in [3.63, 3.8) is 0 Å². The SMILES string of the molecule is O=C(Nc1ccccc1CO)c1ccc(F)c(Cl)c1. The van der Waals surface area contributed by atoms with Gasteiger partial charge in [0.1, 0.15) is 5.82 Å². The predicted molar refractivity (Wildman–Crippen MR) is 71.7 cm³/mol. The minimum absolute atomic E-state index is 0.108. The van der Waals surface area contributed by atoms with Gasteiger partial charge in [0.2, 0.25) is 0 Å². The van der Waals surface area contributed by atoms with E-state index in [1.165, 1.54) is 12.1 Å². The number of para-hydroxylation sites is 1. The second-order valence-corrected chi connectivity index (χ2v) is 4.31. The van der Waals surface area contributed by atoms with Crippen molar-refractivity contribution in [3.8, 4) is 0 Å². The molecule has 0 aliphatic rings. The number of aliphatic hydroxyl groups excluding tert-OH is 1. The summed E-state index contributed by atoms with van der Waals surface area (Å²) in [6.45, 7) is -0.180. The number of aliphatic hydroxyl groups is 1. The minimum Gasteiger partial charge on any atom is -0.392 e. The summed E-state index contributed by atoms with van der Waals surface area (Å²) in [5.74, 6) is -0.989. The van der Waals surface area contributed by atoms with Crippen LogP contribution in [0.25, 0.3) is 0 Å². The molecular formula is C14H11ClFNO2. The fourth-order valence-corrected chi connectivity index (χ4v) is 1.79. The van der Waals surface area contributed by atoms with Crippen LogP contribution in [0.3, 0.4) is 0 Å². The highest BCUT2D eigenvalue weighted by atomic mass is 35.5. The summed E-state index contributed by atoms with van der Waals surface area (Å²) in [6.07, 6.45) is 0. The molecular weight excluding hydrogens is 269 g/mol. The Hall–Kier alpha value is -1.91. The van der Waals surface area contributed by atoms with Crippen molar-refractivity contribution in [2.45, 2.75) is 6.61 Å². The van der Waals surface area contributed by atoms with Crippen LogP contribution in [-0.4, -0.2) is 11.0 Å². The first-order valence-electron chi connectivity index (χ1n) is 5.57. The lowest BCUT2D eigenvalue weighted by molar-refractivity contribution is 0.102. The average molecular weight is 280 g/mol. The Balaban J connectivity index is 2.23. The van der Waals surface area contributed by atoms with Crippen molar-refractivity contribution in [2.24, 2.45) is 0 Å². The third-order valence-electron chi connectivity index (χ3n) is 2.62. The lowest BCUT2D eigenvalue weighted by Gasteiger charge is -2.09. The van der Waals surface area contributed by atoms with Crippen LogP contribution in [0, 0.1) is 5.82 Å². The van der Waals surface area contributed by atoms with Crippen LogP contribution in [0.4, 0.5) is 10.1 Å².